The number of carbonyl (C=O) groups excluding carboxylic acids is 1. The maximum Gasteiger partial charge on any atom is 0.224 e. The Balaban J connectivity index is 1.42. The Kier molecular flexibility index (Phi) is 4.59. The van der Waals surface area contributed by atoms with Crippen molar-refractivity contribution in [3.8, 4) is 5.75 Å². The first-order valence-corrected chi connectivity index (χ1v) is 9.12. The van der Waals surface area contributed by atoms with Crippen LogP contribution in [0.3, 0.4) is 0 Å². The Bertz CT molecular complexity index is 1110. The number of H-pyrrole nitrogens is 2. The maximum absolute atomic E-state index is 12.5. The molecule has 5 nitrogen and oxygen atoms in total. The Morgan fingerprint density at radius 2 is 1.96 bits per heavy atom. The highest BCUT2D eigenvalue weighted by atomic mass is 16.5. The van der Waals surface area contributed by atoms with E-state index in [4.69, 9.17) is 4.74 Å². The number of benzene rings is 2. The number of rotatable bonds is 6. The molecule has 0 saturated carbocycles. The molecule has 0 aliphatic rings. The molecule has 4 rings (SSSR count). The highest BCUT2D eigenvalue weighted by molar-refractivity contribution is 5.91. The van der Waals surface area contributed by atoms with Crippen LogP contribution in [-0.4, -0.2) is 29.5 Å². The fourth-order valence-corrected chi connectivity index (χ4v) is 3.61. The summed E-state index contributed by atoms with van der Waals surface area (Å²) in [6, 6.07) is 14.1. The number of amides is 1. The number of nitrogens with one attached hydrogen (secondary N) is 3. The Hall–Kier alpha value is -3.21. The molecule has 0 atom stereocenters. The van der Waals surface area contributed by atoms with Gasteiger partial charge in [-0.3, -0.25) is 4.79 Å². The monoisotopic (exact) mass is 361 g/mol. The fraction of sp³-hybridized carbons (Fsp3) is 0.227. The van der Waals surface area contributed by atoms with Gasteiger partial charge in [-0.05, 0) is 48.7 Å². The van der Waals surface area contributed by atoms with E-state index < -0.39 is 0 Å². The third kappa shape index (κ3) is 3.40. The van der Waals surface area contributed by atoms with Crippen molar-refractivity contribution < 1.29 is 9.53 Å². The van der Waals surface area contributed by atoms with E-state index in [0.29, 0.717) is 13.0 Å². The van der Waals surface area contributed by atoms with Crippen molar-refractivity contribution in [2.45, 2.75) is 19.8 Å². The van der Waals surface area contributed by atoms with Gasteiger partial charge in [-0.1, -0.05) is 18.2 Å². The van der Waals surface area contributed by atoms with Crippen LogP contribution in [0.25, 0.3) is 21.8 Å². The molecule has 27 heavy (non-hydrogen) atoms. The van der Waals surface area contributed by atoms with Gasteiger partial charge in [0.05, 0.1) is 13.5 Å². The SMILES string of the molecule is COc1ccc2[nH]c(C)c(CC(=O)NCCc3c[nH]c4ccccc34)c2c1. The molecule has 138 valence electrons. The number of para-hydroxylation sites is 1. The molecule has 5 heteroatoms. The van der Waals surface area contributed by atoms with Crippen LogP contribution in [0.1, 0.15) is 16.8 Å². The molecule has 3 N–H and O–H groups in total. The van der Waals surface area contributed by atoms with Crippen molar-refractivity contribution in [3.05, 3.63) is 65.5 Å². The van der Waals surface area contributed by atoms with Crippen molar-refractivity contribution in [1.29, 1.82) is 0 Å². The van der Waals surface area contributed by atoms with Gasteiger partial charge < -0.3 is 20.0 Å². The second kappa shape index (κ2) is 7.19. The summed E-state index contributed by atoms with van der Waals surface area (Å²) >= 11 is 0. The van der Waals surface area contributed by atoms with Crippen LogP contribution in [0.2, 0.25) is 0 Å². The van der Waals surface area contributed by atoms with Crippen LogP contribution in [0.15, 0.2) is 48.7 Å². The van der Waals surface area contributed by atoms with E-state index in [2.05, 4.69) is 27.4 Å². The van der Waals surface area contributed by atoms with Crippen molar-refractivity contribution in [1.82, 2.24) is 15.3 Å². The lowest BCUT2D eigenvalue weighted by Gasteiger charge is -2.06. The van der Waals surface area contributed by atoms with E-state index in [-0.39, 0.29) is 5.91 Å². The summed E-state index contributed by atoms with van der Waals surface area (Å²) in [6.07, 6.45) is 3.18. The quantitative estimate of drug-likeness (QED) is 0.488. The van der Waals surface area contributed by atoms with Gasteiger partial charge in [0.1, 0.15) is 5.75 Å². The third-order valence-electron chi connectivity index (χ3n) is 5.06. The smallest absolute Gasteiger partial charge is 0.224 e. The minimum absolute atomic E-state index is 0.0293. The molecule has 0 fully saturated rings. The number of hydrogen-bond donors (Lipinski definition) is 3. The van der Waals surface area contributed by atoms with Gasteiger partial charge in [-0.15, -0.1) is 0 Å². The summed E-state index contributed by atoms with van der Waals surface area (Å²) in [5.74, 6) is 0.823. The number of aromatic nitrogens is 2. The minimum atomic E-state index is 0.0293. The molecule has 0 aliphatic carbocycles. The van der Waals surface area contributed by atoms with Gasteiger partial charge >= 0.3 is 0 Å². The molecule has 0 bridgehead atoms. The van der Waals surface area contributed by atoms with Crippen LogP contribution >= 0.6 is 0 Å². The maximum atomic E-state index is 12.5. The summed E-state index contributed by atoms with van der Waals surface area (Å²) in [5, 5.41) is 5.30. The van der Waals surface area contributed by atoms with Crippen LogP contribution in [0, 0.1) is 6.92 Å². The van der Waals surface area contributed by atoms with Crippen molar-refractivity contribution in [3.63, 3.8) is 0 Å². The number of aryl methyl sites for hydroxylation is 1. The topological polar surface area (TPSA) is 69.9 Å². The first-order valence-electron chi connectivity index (χ1n) is 9.12. The second-order valence-corrected chi connectivity index (χ2v) is 6.78. The van der Waals surface area contributed by atoms with E-state index in [1.807, 2.05) is 43.5 Å². The molecular weight excluding hydrogens is 338 g/mol. The summed E-state index contributed by atoms with van der Waals surface area (Å²) in [6.45, 7) is 2.62. The lowest BCUT2D eigenvalue weighted by atomic mass is 10.1. The molecule has 2 aromatic carbocycles. The number of fused-ring (bicyclic) bond motifs is 2. The van der Waals surface area contributed by atoms with Gasteiger partial charge in [0.15, 0.2) is 0 Å². The lowest BCUT2D eigenvalue weighted by Crippen LogP contribution is -2.27. The number of hydrogen-bond acceptors (Lipinski definition) is 2. The molecule has 0 unspecified atom stereocenters. The van der Waals surface area contributed by atoms with E-state index in [0.717, 1.165) is 39.8 Å². The standard InChI is InChI=1S/C22H23N3O2/c1-14-18(19-11-16(27-2)7-8-21(19)25-14)12-22(26)23-10-9-15-13-24-20-6-4-3-5-17(15)20/h3-8,11,13,24-25H,9-10,12H2,1-2H3,(H,23,26). The molecule has 0 aliphatic heterocycles. The Morgan fingerprint density at radius 1 is 1.11 bits per heavy atom. The van der Waals surface area contributed by atoms with Crippen LogP contribution in [-0.2, 0) is 17.6 Å². The normalized spacial score (nSPS) is 11.2. The number of ether oxygens (including phenoxy) is 1. The first kappa shape index (κ1) is 17.2. The van der Waals surface area contributed by atoms with E-state index >= 15 is 0 Å². The molecule has 1 amide bonds. The predicted molar refractivity (Wildman–Crippen MR) is 108 cm³/mol. The molecule has 4 aromatic rings. The van der Waals surface area contributed by atoms with Crippen molar-refractivity contribution in [2.24, 2.45) is 0 Å². The average molecular weight is 361 g/mol. The van der Waals surface area contributed by atoms with Crippen molar-refractivity contribution >= 4 is 27.7 Å². The fourth-order valence-electron chi connectivity index (χ4n) is 3.61. The summed E-state index contributed by atoms with van der Waals surface area (Å²) in [7, 11) is 1.65. The highest BCUT2D eigenvalue weighted by Crippen LogP contribution is 2.26. The predicted octanol–water partition coefficient (Wildman–Crippen LogP) is 3.87. The molecule has 0 spiro atoms. The summed E-state index contributed by atoms with van der Waals surface area (Å²) in [4.78, 5) is 19.1. The molecule has 0 radical (unpaired) electrons. The molecule has 2 heterocycles. The Morgan fingerprint density at radius 3 is 2.81 bits per heavy atom. The number of carbonyl (C=O) groups is 1. The van der Waals surface area contributed by atoms with E-state index in [1.54, 1.807) is 7.11 Å². The molecule has 2 aromatic heterocycles. The highest BCUT2D eigenvalue weighted by Gasteiger charge is 2.13. The largest absolute Gasteiger partial charge is 0.497 e. The van der Waals surface area contributed by atoms with Gasteiger partial charge in [0.25, 0.3) is 0 Å². The van der Waals surface area contributed by atoms with Crippen LogP contribution in [0.4, 0.5) is 0 Å². The van der Waals surface area contributed by atoms with Gasteiger partial charge in [0, 0.05) is 40.2 Å². The van der Waals surface area contributed by atoms with Gasteiger partial charge in [-0.2, -0.15) is 0 Å². The van der Waals surface area contributed by atoms with E-state index in [1.165, 1.54) is 10.9 Å². The molecule has 0 saturated heterocycles. The van der Waals surface area contributed by atoms with Crippen molar-refractivity contribution in [2.75, 3.05) is 13.7 Å². The third-order valence-corrected chi connectivity index (χ3v) is 5.06. The summed E-state index contributed by atoms with van der Waals surface area (Å²) in [5.41, 5.74) is 5.41. The minimum Gasteiger partial charge on any atom is -0.497 e. The lowest BCUT2D eigenvalue weighted by molar-refractivity contribution is -0.120. The zero-order chi connectivity index (χ0) is 18.8. The average Bonchev–Trinajstić information content (AvgIpc) is 3.23. The molecular formula is C22H23N3O2. The number of methoxy groups -OCH3 is 1. The van der Waals surface area contributed by atoms with Gasteiger partial charge in [-0.25, -0.2) is 0 Å². The zero-order valence-electron chi connectivity index (χ0n) is 15.6. The van der Waals surface area contributed by atoms with E-state index in [9.17, 15) is 4.79 Å². The number of aromatic amines is 2. The second-order valence-electron chi connectivity index (χ2n) is 6.78. The zero-order valence-corrected chi connectivity index (χ0v) is 15.6. The first-order chi connectivity index (χ1) is 13.2. The van der Waals surface area contributed by atoms with Crippen LogP contribution < -0.4 is 10.1 Å². The van der Waals surface area contributed by atoms with Crippen LogP contribution in [0.5, 0.6) is 5.75 Å². The Labute approximate surface area is 157 Å². The van der Waals surface area contributed by atoms with Gasteiger partial charge in [0.2, 0.25) is 5.91 Å². The summed E-state index contributed by atoms with van der Waals surface area (Å²) < 4.78 is 5.32.